The molecule has 19 heavy (non-hydrogen) atoms. The number of ether oxygens (including phenoxy) is 2. The van der Waals surface area contributed by atoms with Crippen molar-refractivity contribution in [1.29, 1.82) is 0 Å². The Morgan fingerprint density at radius 1 is 1.16 bits per heavy atom. The zero-order chi connectivity index (χ0) is 14.5. The number of benzene rings is 1. The molecule has 0 heterocycles. The van der Waals surface area contributed by atoms with Crippen LogP contribution in [0, 0.1) is 0 Å². The molecule has 5 heteroatoms. The van der Waals surface area contributed by atoms with Gasteiger partial charge >= 0.3 is 5.97 Å². The number of rotatable bonds is 6. The van der Waals surface area contributed by atoms with E-state index in [9.17, 15) is 9.59 Å². The Morgan fingerprint density at radius 3 is 2.21 bits per heavy atom. The van der Waals surface area contributed by atoms with Crippen LogP contribution in [0.5, 0.6) is 5.75 Å². The van der Waals surface area contributed by atoms with Gasteiger partial charge in [0.15, 0.2) is 5.78 Å². The van der Waals surface area contributed by atoms with Crippen molar-refractivity contribution in [3.8, 4) is 5.75 Å². The van der Waals surface area contributed by atoms with Crippen molar-refractivity contribution in [3.05, 3.63) is 29.8 Å². The van der Waals surface area contributed by atoms with Gasteiger partial charge in [0.1, 0.15) is 19.0 Å². The van der Waals surface area contributed by atoms with E-state index in [1.54, 1.807) is 38.1 Å². The Labute approximate surface area is 121 Å². The maximum absolute atomic E-state index is 12.0. The lowest BCUT2D eigenvalue weighted by atomic mass is 10.0. The Hall–Kier alpha value is -1.36. The van der Waals surface area contributed by atoms with Gasteiger partial charge in [0.25, 0.3) is 0 Å². The van der Waals surface area contributed by atoms with Gasteiger partial charge in [0.2, 0.25) is 0 Å². The van der Waals surface area contributed by atoms with E-state index in [0.29, 0.717) is 11.3 Å². The average molecular weight is 329 g/mol. The maximum atomic E-state index is 12.0. The molecule has 1 aromatic rings. The number of carbonyl (C=O) groups excluding carboxylic acids is 2. The van der Waals surface area contributed by atoms with Crippen LogP contribution in [0.2, 0.25) is 0 Å². The lowest BCUT2D eigenvalue weighted by Gasteiger charge is -2.14. The molecule has 1 rings (SSSR count). The summed E-state index contributed by atoms with van der Waals surface area (Å²) in [6.07, 6.45) is 0. The zero-order valence-corrected chi connectivity index (χ0v) is 12.8. The molecule has 0 aliphatic heterocycles. The third kappa shape index (κ3) is 5.42. The zero-order valence-electron chi connectivity index (χ0n) is 11.2. The summed E-state index contributed by atoms with van der Waals surface area (Å²) in [4.78, 5) is 22.5. The minimum absolute atomic E-state index is 0.0129. The molecule has 1 aromatic carbocycles. The molecule has 0 spiro atoms. The molecular formula is C14H17BrO4. The van der Waals surface area contributed by atoms with Crippen LogP contribution in [0.1, 0.15) is 31.1 Å². The summed E-state index contributed by atoms with van der Waals surface area (Å²) in [7, 11) is 0. The average Bonchev–Trinajstić information content (AvgIpc) is 2.33. The fourth-order valence-electron chi connectivity index (χ4n) is 1.39. The molecule has 0 N–H and O–H groups in total. The Balaban J connectivity index is 2.53. The number of carbonyl (C=O) groups is 2. The second-order valence-corrected chi connectivity index (χ2v) is 6.50. The maximum Gasteiger partial charge on any atom is 0.302 e. The minimum atomic E-state index is -0.579. The third-order valence-electron chi connectivity index (χ3n) is 2.31. The fraction of sp³-hybridized carbons (Fsp3) is 0.429. The fourth-order valence-corrected chi connectivity index (χ4v) is 1.62. The standard InChI is InChI=1S/C14H17BrO4/c1-10(16)18-8-9-19-12-6-4-11(5-7-12)13(17)14(2,3)15/h4-7H,8-9H2,1-3H3. The predicted molar refractivity (Wildman–Crippen MR) is 75.9 cm³/mol. The molecule has 0 amide bonds. The van der Waals surface area contributed by atoms with Crippen LogP contribution in [0.25, 0.3) is 0 Å². The molecule has 0 unspecified atom stereocenters. The van der Waals surface area contributed by atoms with E-state index in [2.05, 4.69) is 15.9 Å². The van der Waals surface area contributed by atoms with E-state index in [0.717, 1.165) is 0 Å². The van der Waals surface area contributed by atoms with Crippen LogP contribution in [-0.2, 0) is 9.53 Å². The second kappa shape index (κ2) is 6.70. The van der Waals surface area contributed by atoms with Gasteiger partial charge < -0.3 is 9.47 Å². The molecule has 0 saturated carbocycles. The Kier molecular flexibility index (Phi) is 5.54. The first-order chi connectivity index (χ1) is 8.80. The highest BCUT2D eigenvalue weighted by atomic mass is 79.9. The van der Waals surface area contributed by atoms with Gasteiger partial charge in [-0.2, -0.15) is 0 Å². The first kappa shape index (κ1) is 15.7. The van der Waals surface area contributed by atoms with Crippen LogP contribution in [0.4, 0.5) is 0 Å². The number of Topliss-reactive ketones (excluding diaryl/α,β-unsaturated/α-hetero) is 1. The van der Waals surface area contributed by atoms with E-state index in [1.807, 2.05) is 0 Å². The Morgan fingerprint density at radius 2 is 1.74 bits per heavy atom. The second-order valence-electron chi connectivity index (χ2n) is 4.51. The van der Waals surface area contributed by atoms with Crippen molar-refractivity contribution in [1.82, 2.24) is 0 Å². The molecule has 0 aromatic heterocycles. The van der Waals surface area contributed by atoms with Crippen molar-refractivity contribution in [2.75, 3.05) is 13.2 Å². The van der Waals surface area contributed by atoms with Crippen molar-refractivity contribution in [2.45, 2.75) is 25.1 Å². The van der Waals surface area contributed by atoms with Gasteiger partial charge in [-0.25, -0.2) is 0 Å². The lowest BCUT2D eigenvalue weighted by Crippen LogP contribution is -2.23. The van der Waals surface area contributed by atoms with Crippen LogP contribution in [-0.4, -0.2) is 29.3 Å². The van der Waals surface area contributed by atoms with Gasteiger partial charge in [-0.3, -0.25) is 9.59 Å². The summed E-state index contributed by atoms with van der Waals surface area (Å²) >= 11 is 3.33. The summed E-state index contributed by atoms with van der Waals surface area (Å²) < 4.78 is 9.54. The van der Waals surface area contributed by atoms with Crippen molar-refractivity contribution in [3.63, 3.8) is 0 Å². The molecule has 0 bridgehead atoms. The number of halogens is 1. The SMILES string of the molecule is CC(=O)OCCOc1ccc(C(=O)C(C)(C)Br)cc1. The van der Waals surface area contributed by atoms with Crippen molar-refractivity contribution >= 4 is 27.7 Å². The number of ketones is 1. The van der Waals surface area contributed by atoms with Gasteiger partial charge in [-0.1, -0.05) is 15.9 Å². The molecule has 0 aliphatic rings. The molecule has 104 valence electrons. The van der Waals surface area contributed by atoms with Gasteiger partial charge in [0, 0.05) is 12.5 Å². The first-order valence-electron chi connectivity index (χ1n) is 5.90. The molecular weight excluding hydrogens is 312 g/mol. The largest absolute Gasteiger partial charge is 0.490 e. The van der Waals surface area contributed by atoms with E-state index >= 15 is 0 Å². The smallest absolute Gasteiger partial charge is 0.302 e. The van der Waals surface area contributed by atoms with E-state index in [4.69, 9.17) is 9.47 Å². The number of alkyl halides is 1. The summed E-state index contributed by atoms with van der Waals surface area (Å²) in [5, 5.41) is 0. The van der Waals surface area contributed by atoms with Gasteiger partial charge in [-0.05, 0) is 38.1 Å². The number of esters is 1. The van der Waals surface area contributed by atoms with E-state index < -0.39 is 4.32 Å². The summed E-state index contributed by atoms with van der Waals surface area (Å²) in [6.45, 7) is 5.46. The monoisotopic (exact) mass is 328 g/mol. The molecule has 0 aliphatic carbocycles. The topological polar surface area (TPSA) is 52.6 Å². The van der Waals surface area contributed by atoms with Crippen LogP contribution in [0.3, 0.4) is 0 Å². The number of hydrogen-bond donors (Lipinski definition) is 0. The predicted octanol–water partition coefficient (Wildman–Crippen LogP) is 2.98. The molecule has 0 saturated heterocycles. The normalized spacial score (nSPS) is 10.9. The highest BCUT2D eigenvalue weighted by Gasteiger charge is 2.24. The third-order valence-corrected chi connectivity index (χ3v) is 2.67. The van der Waals surface area contributed by atoms with Crippen LogP contribution < -0.4 is 4.74 Å². The summed E-state index contributed by atoms with van der Waals surface area (Å²) in [6, 6.07) is 6.87. The first-order valence-corrected chi connectivity index (χ1v) is 6.70. The molecule has 0 atom stereocenters. The lowest BCUT2D eigenvalue weighted by molar-refractivity contribution is -0.141. The molecule has 0 fully saturated rings. The highest BCUT2D eigenvalue weighted by Crippen LogP contribution is 2.23. The Bertz CT molecular complexity index is 446. The quantitative estimate of drug-likeness (QED) is 0.348. The van der Waals surface area contributed by atoms with Crippen molar-refractivity contribution < 1.29 is 19.1 Å². The van der Waals surface area contributed by atoms with Gasteiger partial charge in [0.05, 0.1) is 4.32 Å². The summed E-state index contributed by atoms with van der Waals surface area (Å²) in [5.74, 6) is 0.319. The van der Waals surface area contributed by atoms with E-state index in [-0.39, 0.29) is 25.0 Å². The van der Waals surface area contributed by atoms with Gasteiger partial charge in [-0.15, -0.1) is 0 Å². The minimum Gasteiger partial charge on any atom is -0.490 e. The summed E-state index contributed by atoms with van der Waals surface area (Å²) in [5.41, 5.74) is 0.620. The van der Waals surface area contributed by atoms with Crippen molar-refractivity contribution in [2.24, 2.45) is 0 Å². The van der Waals surface area contributed by atoms with E-state index in [1.165, 1.54) is 6.92 Å². The van der Waals surface area contributed by atoms with Crippen LogP contribution >= 0.6 is 15.9 Å². The number of hydrogen-bond acceptors (Lipinski definition) is 4. The highest BCUT2D eigenvalue weighted by molar-refractivity contribution is 9.10. The van der Waals surface area contributed by atoms with Crippen LogP contribution in [0.15, 0.2) is 24.3 Å². The molecule has 4 nitrogen and oxygen atoms in total. The molecule has 0 radical (unpaired) electrons.